The maximum absolute atomic E-state index is 11.0. The number of hydrogen-bond acceptors (Lipinski definition) is 8. The summed E-state index contributed by atoms with van der Waals surface area (Å²) in [6, 6.07) is 15.2. The molecule has 1 aliphatic carbocycles. The van der Waals surface area contributed by atoms with Gasteiger partial charge in [-0.3, -0.25) is 4.79 Å². The van der Waals surface area contributed by atoms with Crippen LogP contribution in [0, 0.1) is 11.3 Å². The largest absolute Gasteiger partial charge is 0.492 e. The lowest BCUT2D eigenvalue weighted by Crippen LogP contribution is -2.37. The molecule has 0 bridgehead atoms. The number of fused-ring (bicyclic) bond motifs is 1. The predicted molar refractivity (Wildman–Crippen MR) is 154 cm³/mol. The van der Waals surface area contributed by atoms with Crippen molar-refractivity contribution >= 4 is 22.7 Å². The minimum Gasteiger partial charge on any atom is -0.492 e. The molecule has 1 heterocycles. The van der Waals surface area contributed by atoms with E-state index in [9.17, 15) is 4.79 Å². The molecule has 1 aliphatic rings. The number of hydrogen-bond donors (Lipinski definition) is 2. The van der Waals surface area contributed by atoms with Crippen LogP contribution in [0.15, 0.2) is 54.7 Å². The first-order valence-electron chi connectivity index (χ1n) is 13.0. The normalized spacial score (nSPS) is 16.7. The summed E-state index contributed by atoms with van der Waals surface area (Å²) in [5.74, 6) is 0.837. The molecule has 1 fully saturated rings. The number of rotatable bonds is 9. The minimum absolute atomic E-state index is 0.138. The van der Waals surface area contributed by atoms with Crippen molar-refractivity contribution in [1.82, 2.24) is 20.2 Å². The molecular formula is C30H38N6O2. The average molecular weight is 515 g/mol. The Hall–Kier alpha value is -3.80. The number of anilines is 1. The van der Waals surface area contributed by atoms with E-state index in [1.165, 1.54) is 25.7 Å². The van der Waals surface area contributed by atoms with Gasteiger partial charge in [0.1, 0.15) is 5.75 Å². The van der Waals surface area contributed by atoms with E-state index in [1.807, 2.05) is 43.3 Å². The minimum atomic E-state index is 0.138. The van der Waals surface area contributed by atoms with Crippen LogP contribution in [0.5, 0.6) is 5.75 Å². The van der Waals surface area contributed by atoms with Crippen molar-refractivity contribution in [1.29, 1.82) is 5.26 Å². The highest BCUT2D eigenvalue weighted by atomic mass is 16.5. The molecule has 0 radical (unpaired) electrons. The molecule has 3 aromatic rings. The van der Waals surface area contributed by atoms with Crippen LogP contribution in [0.4, 0.5) is 5.69 Å². The first-order valence-corrected chi connectivity index (χ1v) is 13.0. The first-order chi connectivity index (χ1) is 18.4. The number of nitrogens with one attached hydrogen (secondary N) is 2. The van der Waals surface area contributed by atoms with Crippen molar-refractivity contribution in [3.63, 3.8) is 0 Å². The van der Waals surface area contributed by atoms with Crippen molar-refractivity contribution in [2.75, 3.05) is 39.6 Å². The van der Waals surface area contributed by atoms with Crippen LogP contribution < -0.4 is 15.4 Å². The molecular weight excluding hydrogens is 476 g/mol. The van der Waals surface area contributed by atoms with E-state index in [1.54, 1.807) is 12.3 Å². The zero-order chi connectivity index (χ0) is 27.5. The quantitative estimate of drug-likeness (QED) is 0.301. The van der Waals surface area contributed by atoms with Crippen molar-refractivity contribution in [2.45, 2.75) is 44.7 Å². The first kappa shape index (κ1) is 28.8. The van der Waals surface area contributed by atoms with Gasteiger partial charge in [0.05, 0.1) is 24.1 Å². The van der Waals surface area contributed by atoms with Gasteiger partial charge in [-0.15, -0.1) is 0 Å². The van der Waals surface area contributed by atoms with Gasteiger partial charge in [0.25, 0.3) is 0 Å². The molecule has 0 saturated heterocycles. The molecule has 2 N–H and O–H groups in total. The van der Waals surface area contributed by atoms with Gasteiger partial charge in [-0.25, -0.2) is 9.97 Å². The Kier molecular flexibility index (Phi) is 10.8. The predicted octanol–water partition coefficient (Wildman–Crippen LogP) is 5.08. The smallest absolute Gasteiger partial charge is 0.193 e. The molecule has 2 aromatic carbocycles. The number of carbonyl (C=O) groups is 1. The second kappa shape index (κ2) is 14.2. The van der Waals surface area contributed by atoms with Crippen molar-refractivity contribution in [3.8, 4) is 23.1 Å². The molecule has 38 heavy (non-hydrogen) atoms. The summed E-state index contributed by atoms with van der Waals surface area (Å²) in [6.45, 7) is 6.47. The summed E-state index contributed by atoms with van der Waals surface area (Å²) in [7, 11) is 6.44. The van der Waals surface area contributed by atoms with E-state index in [0.717, 1.165) is 34.1 Å². The Morgan fingerprint density at radius 3 is 2.58 bits per heavy atom. The van der Waals surface area contributed by atoms with Gasteiger partial charge in [-0.1, -0.05) is 24.8 Å². The van der Waals surface area contributed by atoms with Gasteiger partial charge in [-0.05, 0) is 77.3 Å². The van der Waals surface area contributed by atoms with E-state index in [0.29, 0.717) is 36.5 Å². The molecule has 1 aromatic heterocycles. The summed E-state index contributed by atoms with van der Waals surface area (Å²) in [6.07, 6.45) is 7.59. The third-order valence-corrected chi connectivity index (χ3v) is 6.83. The molecule has 0 unspecified atom stereocenters. The standard InChI is InChI=1S/C21H18N4O2.C9H20N2/c1-3-27-19-7-6-15-4-5-16(18-8-9-23-20(13-26)25-18)10-17(15)21(19)24-12-14(2)11-22;1-10-8-4-6-9(7-5-8)11(2)3/h4-10,13,24H,2-3,12H2,1H3;8-10H,4-7H2,1-3H3. The third kappa shape index (κ3) is 7.60. The van der Waals surface area contributed by atoms with Crippen molar-refractivity contribution < 1.29 is 9.53 Å². The van der Waals surface area contributed by atoms with Crippen LogP contribution in [-0.4, -0.2) is 67.5 Å². The Balaban J connectivity index is 0.000000304. The number of benzene rings is 2. The van der Waals surface area contributed by atoms with Gasteiger partial charge in [0.2, 0.25) is 0 Å². The van der Waals surface area contributed by atoms with Gasteiger partial charge in [0.15, 0.2) is 12.1 Å². The number of ether oxygens (including phenoxy) is 1. The van der Waals surface area contributed by atoms with Crippen molar-refractivity contribution in [3.05, 3.63) is 60.6 Å². The summed E-state index contributed by atoms with van der Waals surface area (Å²) >= 11 is 0. The SMILES string of the molecule is C=C(C#N)CNc1c(OCC)ccc2ccc(-c3ccnc(C=O)n3)cc12.CNC1CCC(N(C)C)CC1. The van der Waals surface area contributed by atoms with E-state index in [-0.39, 0.29) is 5.82 Å². The maximum atomic E-state index is 11.0. The summed E-state index contributed by atoms with van der Waals surface area (Å²) in [4.78, 5) is 21.5. The van der Waals surface area contributed by atoms with Gasteiger partial charge in [-0.2, -0.15) is 5.26 Å². The number of aromatic nitrogens is 2. The van der Waals surface area contributed by atoms with Gasteiger partial charge < -0.3 is 20.3 Å². The van der Waals surface area contributed by atoms with E-state index >= 15 is 0 Å². The summed E-state index contributed by atoms with van der Waals surface area (Å²) < 4.78 is 5.75. The molecule has 4 rings (SSSR count). The van der Waals surface area contributed by atoms with Crippen molar-refractivity contribution in [2.24, 2.45) is 0 Å². The lowest BCUT2D eigenvalue weighted by molar-refractivity contribution is 0.111. The third-order valence-electron chi connectivity index (χ3n) is 6.83. The number of aldehydes is 1. The highest BCUT2D eigenvalue weighted by molar-refractivity contribution is 5.99. The molecule has 0 aliphatic heterocycles. The Labute approximate surface area is 225 Å². The second-order valence-corrected chi connectivity index (χ2v) is 9.55. The van der Waals surface area contributed by atoms with Crippen LogP contribution in [0.2, 0.25) is 0 Å². The van der Waals surface area contributed by atoms with E-state index in [2.05, 4.69) is 53.2 Å². The van der Waals surface area contributed by atoms with Crippen LogP contribution in [0.3, 0.4) is 0 Å². The molecule has 0 amide bonds. The highest BCUT2D eigenvalue weighted by Crippen LogP contribution is 2.36. The lowest BCUT2D eigenvalue weighted by Gasteiger charge is -2.32. The number of carbonyl (C=O) groups excluding carboxylic acids is 1. The Morgan fingerprint density at radius 2 is 1.95 bits per heavy atom. The van der Waals surface area contributed by atoms with Crippen LogP contribution in [-0.2, 0) is 0 Å². The molecule has 0 spiro atoms. The summed E-state index contributed by atoms with van der Waals surface area (Å²) in [5, 5.41) is 17.5. The average Bonchev–Trinajstić information content (AvgIpc) is 2.96. The topological polar surface area (TPSA) is 103 Å². The Morgan fingerprint density at radius 1 is 1.21 bits per heavy atom. The van der Waals surface area contributed by atoms with E-state index in [4.69, 9.17) is 10.00 Å². The molecule has 8 nitrogen and oxygen atoms in total. The van der Waals surface area contributed by atoms with Crippen LogP contribution in [0.1, 0.15) is 43.2 Å². The van der Waals surface area contributed by atoms with Gasteiger partial charge in [0, 0.05) is 41.3 Å². The van der Waals surface area contributed by atoms with Gasteiger partial charge >= 0.3 is 0 Å². The molecule has 200 valence electrons. The maximum Gasteiger partial charge on any atom is 0.193 e. The zero-order valence-corrected chi connectivity index (χ0v) is 22.8. The zero-order valence-electron chi connectivity index (χ0n) is 22.8. The Bertz CT molecular complexity index is 1280. The highest BCUT2D eigenvalue weighted by Gasteiger charge is 2.20. The number of nitriles is 1. The fourth-order valence-corrected chi connectivity index (χ4v) is 4.62. The van der Waals surface area contributed by atoms with Crippen LogP contribution in [0.25, 0.3) is 22.0 Å². The number of nitrogens with zero attached hydrogens (tertiary/aromatic N) is 4. The fourth-order valence-electron chi connectivity index (χ4n) is 4.62. The molecule has 8 heteroatoms. The second-order valence-electron chi connectivity index (χ2n) is 9.55. The monoisotopic (exact) mass is 514 g/mol. The van der Waals surface area contributed by atoms with Crippen LogP contribution >= 0.6 is 0 Å². The van der Waals surface area contributed by atoms with E-state index < -0.39 is 0 Å². The molecule has 1 saturated carbocycles. The molecule has 0 atom stereocenters. The lowest BCUT2D eigenvalue weighted by atomic mass is 9.91. The fraction of sp³-hybridized carbons (Fsp3) is 0.400. The summed E-state index contributed by atoms with van der Waals surface area (Å²) in [5.41, 5.74) is 2.72.